The third-order valence-corrected chi connectivity index (χ3v) is 6.45. The molecule has 1 atom stereocenters. The van der Waals surface area contributed by atoms with Gasteiger partial charge < -0.3 is 4.74 Å². The monoisotopic (exact) mass is 368 g/mol. The van der Waals surface area contributed by atoms with Gasteiger partial charge in [-0.3, -0.25) is 4.79 Å². The fourth-order valence-corrected chi connectivity index (χ4v) is 5.45. The fraction of sp³-hybridized carbons (Fsp3) is 0.350. The largest absolute Gasteiger partial charge is 0.437 e. The number of aromatic nitrogens is 2. The van der Waals surface area contributed by atoms with Gasteiger partial charge in [0.15, 0.2) is 5.78 Å². The molecule has 132 valence electrons. The first-order valence-electron chi connectivity index (χ1n) is 8.85. The lowest BCUT2D eigenvalue weighted by Gasteiger charge is -2.12. The minimum Gasteiger partial charge on any atom is -0.437 e. The second-order valence-corrected chi connectivity index (χ2v) is 8.16. The lowest BCUT2D eigenvalue weighted by molar-refractivity contribution is 0.0988. The van der Waals surface area contributed by atoms with Crippen LogP contribution < -0.4 is 4.74 Å². The van der Waals surface area contributed by atoms with Crippen molar-refractivity contribution in [2.45, 2.75) is 45.4 Å². The number of benzene rings is 1. The molecular weight excluding hydrogens is 351 g/mol. The van der Waals surface area contributed by atoms with Gasteiger partial charge in [0, 0.05) is 16.9 Å². The van der Waals surface area contributed by atoms with Gasteiger partial charge in [-0.2, -0.15) is 4.98 Å². The average Bonchev–Trinajstić information content (AvgIpc) is 3.23. The van der Waals surface area contributed by atoms with E-state index < -0.39 is 0 Å². The predicted octanol–water partition coefficient (Wildman–Crippen LogP) is 5.11. The van der Waals surface area contributed by atoms with Crippen LogP contribution in [-0.4, -0.2) is 15.8 Å². The number of carbonyl (C=O) groups excluding carboxylic acids is 1. The maximum Gasteiger partial charge on any atom is 0.231 e. The second-order valence-electron chi connectivity index (χ2n) is 7.08. The van der Waals surface area contributed by atoms with Crippen molar-refractivity contribution >= 4 is 27.3 Å². The topological polar surface area (TPSA) is 52.1 Å². The summed E-state index contributed by atoms with van der Waals surface area (Å²) in [5, 5.41) is 0.949. The van der Waals surface area contributed by atoms with Crippen molar-refractivity contribution in [3.8, 4) is 11.6 Å². The minimum absolute atomic E-state index is 0.0698. The van der Waals surface area contributed by atoms with Gasteiger partial charge in [-0.25, -0.2) is 9.37 Å². The number of halogens is 1. The number of ether oxygens (including phenoxy) is 1. The SMILES string of the molecule is Cc1nc(Oc2ccc(F)c3c2C(=O)CC3C)c2c3c(sc2n1)CCC3. The van der Waals surface area contributed by atoms with Crippen molar-refractivity contribution in [2.75, 3.05) is 0 Å². The number of Topliss-reactive ketones (excluding diaryl/α,β-unsaturated/α-hetero) is 1. The smallest absolute Gasteiger partial charge is 0.231 e. The molecule has 0 N–H and O–H groups in total. The highest BCUT2D eigenvalue weighted by Crippen LogP contribution is 2.44. The number of carbonyl (C=O) groups is 1. The first-order valence-corrected chi connectivity index (χ1v) is 9.67. The van der Waals surface area contributed by atoms with Crippen LogP contribution in [0.2, 0.25) is 0 Å². The Bertz CT molecular complexity index is 1090. The summed E-state index contributed by atoms with van der Waals surface area (Å²) < 4.78 is 20.4. The Balaban J connectivity index is 1.69. The Morgan fingerprint density at radius 1 is 1.27 bits per heavy atom. The van der Waals surface area contributed by atoms with Gasteiger partial charge in [0.25, 0.3) is 0 Å². The highest BCUT2D eigenvalue weighted by Gasteiger charge is 2.33. The molecule has 2 aromatic heterocycles. The quantitative estimate of drug-likeness (QED) is 0.631. The van der Waals surface area contributed by atoms with Crippen LogP contribution in [0.3, 0.4) is 0 Å². The van der Waals surface area contributed by atoms with Crippen LogP contribution in [0.1, 0.15) is 57.9 Å². The molecular formula is C20H17FN2O2S. The summed E-state index contributed by atoms with van der Waals surface area (Å²) in [4.78, 5) is 23.8. The van der Waals surface area contributed by atoms with Crippen LogP contribution in [0.15, 0.2) is 12.1 Å². The molecule has 1 aromatic carbocycles. The summed E-state index contributed by atoms with van der Waals surface area (Å²) in [5.41, 5.74) is 2.09. The Morgan fingerprint density at radius 2 is 2.12 bits per heavy atom. The van der Waals surface area contributed by atoms with Crippen LogP contribution in [0, 0.1) is 12.7 Å². The molecule has 2 heterocycles. The summed E-state index contributed by atoms with van der Waals surface area (Å²) in [7, 11) is 0. The van der Waals surface area contributed by atoms with E-state index >= 15 is 0 Å². The number of fused-ring (bicyclic) bond motifs is 4. The van der Waals surface area contributed by atoms with Gasteiger partial charge in [0.2, 0.25) is 5.88 Å². The summed E-state index contributed by atoms with van der Waals surface area (Å²) in [6, 6.07) is 2.92. The first-order chi connectivity index (χ1) is 12.5. The van der Waals surface area contributed by atoms with Crippen LogP contribution >= 0.6 is 11.3 Å². The summed E-state index contributed by atoms with van der Waals surface area (Å²) in [6.07, 6.45) is 3.51. The lowest BCUT2D eigenvalue weighted by atomic mass is 10.0. The molecule has 0 aliphatic heterocycles. The molecule has 0 saturated carbocycles. The summed E-state index contributed by atoms with van der Waals surface area (Å²) in [6.45, 7) is 3.70. The summed E-state index contributed by atoms with van der Waals surface area (Å²) >= 11 is 1.70. The average molecular weight is 368 g/mol. The van der Waals surface area contributed by atoms with Gasteiger partial charge in [0.05, 0.1) is 10.9 Å². The predicted molar refractivity (Wildman–Crippen MR) is 98.0 cm³/mol. The van der Waals surface area contributed by atoms with Crippen molar-refractivity contribution in [2.24, 2.45) is 0 Å². The summed E-state index contributed by atoms with van der Waals surface area (Å²) in [5.74, 6) is 0.969. The fourth-order valence-electron chi connectivity index (χ4n) is 4.15. The molecule has 4 nitrogen and oxygen atoms in total. The molecule has 2 aliphatic rings. The van der Waals surface area contributed by atoms with Crippen LogP contribution in [0.4, 0.5) is 4.39 Å². The molecule has 0 bridgehead atoms. The third kappa shape index (κ3) is 2.21. The molecule has 5 rings (SSSR count). The van der Waals surface area contributed by atoms with Gasteiger partial charge >= 0.3 is 0 Å². The van der Waals surface area contributed by atoms with E-state index in [1.165, 1.54) is 16.5 Å². The zero-order valence-corrected chi connectivity index (χ0v) is 15.4. The Hall–Kier alpha value is -2.34. The van der Waals surface area contributed by atoms with E-state index in [0.717, 1.165) is 29.5 Å². The Labute approximate surface area is 154 Å². The minimum atomic E-state index is -0.342. The molecule has 26 heavy (non-hydrogen) atoms. The molecule has 2 aliphatic carbocycles. The maximum absolute atomic E-state index is 14.2. The molecule has 0 saturated heterocycles. The first kappa shape index (κ1) is 15.9. The van der Waals surface area contributed by atoms with Crippen molar-refractivity contribution in [3.63, 3.8) is 0 Å². The highest BCUT2D eigenvalue weighted by atomic mass is 32.1. The van der Waals surface area contributed by atoms with E-state index in [-0.39, 0.29) is 17.5 Å². The van der Waals surface area contributed by atoms with Gasteiger partial charge in [-0.05, 0) is 49.8 Å². The van der Waals surface area contributed by atoms with E-state index in [1.807, 2.05) is 13.8 Å². The highest BCUT2D eigenvalue weighted by molar-refractivity contribution is 7.19. The molecule has 3 aromatic rings. The zero-order chi connectivity index (χ0) is 18.0. The number of aryl methyl sites for hydroxylation is 3. The lowest BCUT2D eigenvalue weighted by Crippen LogP contribution is -2.01. The van der Waals surface area contributed by atoms with Gasteiger partial charge in [0.1, 0.15) is 22.2 Å². The van der Waals surface area contributed by atoms with Crippen molar-refractivity contribution in [1.82, 2.24) is 9.97 Å². The van der Waals surface area contributed by atoms with E-state index in [2.05, 4.69) is 9.97 Å². The molecule has 0 radical (unpaired) electrons. The standard InChI is InChI=1S/C20H17FN2O2S/c1-9-8-13(24)18-14(7-6-12(21)16(9)18)25-19-17-11-4-3-5-15(11)26-20(17)23-10(2)22-19/h6-7,9H,3-5,8H2,1-2H3. The molecule has 6 heteroatoms. The number of thiophene rings is 1. The molecule has 1 unspecified atom stereocenters. The number of rotatable bonds is 2. The zero-order valence-electron chi connectivity index (χ0n) is 14.6. The normalized spacial score (nSPS) is 18.4. The maximum atomic E-state index is 14.2. The number of ketones is 1. The van der Waals surface area contributed by atoms with Crippen LogP contribution in [-0.2, 0) is 12.8 Å². The number of hydrogen-bond acceptors (Lipinski definition) is 5. The van der Waals surface area contributed by atoms with Gasteiger partial charge in [-0.15, -0.1) is 11.3 Å². The number of hydrogen-bond donors (Lipinski definition) is 0. The third-order valence-electron chi connectivity index (χ3n) is 5.27. The van der Waals surface area contributed by atoms with Crippen molar-refractivity contribution < 1.29 is 13.9 Å². The van der Waals surface area contributed by atoms with Crippen LogP contribution in [0.25, 0.3) is 10.2 Å². The molecule has 0 fully saturated rings. The van der Waals surface area contributed by atoms with Crippen molar-refractivity contribution in [3.05, 3.63) is 45.3 Å². The van der Waals surface area contributed by atoms with E-state index in [4.69, 9.17) is 4.74 Å². The Morgan fingerprint density at radius 3 is 2.96 bits per heavy atom. The second kappa shape index (κ2) is 5.58. The van der Waals surface area contributed by atoms with E-state index in [0.29, 0.717) is 35.0 Å². The van der Waals surface area contributed by atoms with Gasteiger partial charge in [-0.1, -0.05) is 6.92 Å². The Kier molecular flexibility index (Phi) is 3.41. The van der Waals surface area contributed by atoms with Crippen LogP contribution in [0.5, 0.6) is 11.6 Å². The van der Waals surface area contributed by atoms with E-state index in [9.17, 15) is 9.18 Å². The molecule has 0 spiro atoms. The van der Waals surface area contributed by atoms with Crippen molar-refractivity contribution in [1.29, 1.82) is 0 Å². The number of nitrogens with zero attached hydrogens (tertiary/aromatic N) is 2. The van der Waals surface area contributed by atoms with E-state index in [1.54, 1.807) is 17.4 Å². The molecule has 0 amide bonds.